The molecule has 0 spiro atoms. The second kappa shape index (κ2) is 63.1. The largest absolute Gasteiger partial charge is 0.462 e. The van der Waals surface area contributed by atoms with E-state index >= 15 is 0 Å². The Morgan fingerprint density at radius 2 is 0.520 bits per heavy atom. The molecule has 75 heavy (non-hydrogen) atoms. The summed E-state index contributed by atoms with van der Waals surface area (Å²) in [4.78, 5) is 38.2. The smallest absolute Gasteiger partial charge is 0.306 e. The maximum atomic E-state index is 12.9. The third-order valence-electron chi connectivity index (χ3n) is 13.9. The van der Waals surface area contributed by atoms with Gasteiger partial charge in [0.25, 0.3) is 0 Å². The van der Waals surface area contributed by atoms with Crippen molar-refractivity contribution in [2.24, 2.45) is 0 Å². The summed E-state index contributed by atoms with van der Waals surface area (Å²) in [5.74, 6) is -0.880. The van der Waals surface area contributed by atoms with E-state index in [4.69, 9.17) is 14.2 Å². The van der Waals surface area contributed by atoms with Crippen molar-refractivity contribution in [2.45, 2.75) is 322 Å². The highest BCUT2D eigenvalue weighted by Gasteiger charge is 2.19. The quantitative estimate of drug-likeness (QED) is 0.0261. The molecule has 0 radical (unpaired) electrons. The second-order valence-electron chi connectivity index (χ2n) is 21.3. The topological polar surface area (TPSA) is 78.9 Å². The van der Waals surface area contributed by atoms with Gasteiger partial charge in [-0.2, -0.15) is 0 Å². The zero-order valence-electron chi connectivity index (χ0n) is 49.6. The van der Waals surface area contributed by atoms with Crippen LogP contribution in [0.15, 0.2) is 85.1 Å². The van der Waals surface area contributed by atoms with Crippen LogP contribution >= 0.6 is 0 Å². The number of carbonyl (C=O) groups is 3. The molecule has 0 aromatic heterocycles. The number of rotatable bonds is 58. The van der Waals surface area contributed by atoms with Crippen molar-refractivity contribution in [3.8, 4) is 0 Å². The molecule has 0 aliphatic rings. The van der Waals surface area contributed by atoms with Crippen molar-refractivity contribution in [3.63, 3.8) is 0 Å². The number of carbonyl (C=O) groups excluding carboxylic acids is 3. The number of hydrogen-bond donors (Lipinski definition) is 0. The van der Waals surface area contributed by atoms with Crippen molar-refractivity contribution in [3.05, 3.63) is 85.1 Å². The summed E-state index contributed by atoms with van der Waals surface area (Å²) in [7, 11) is 0. The SMILES string of the molecule is CC/C=C\C/C=C\C/C=C\C/C=C\CCCCCCCCCCC(=O)OC(COC(=O)CCCCCCCCCCC)COC(=O)CCCCCCCCCCCCCC/C=C\C/C=C\C/C=C\CCCCCCC. The fourth-order valence-electron chi connectivity index (χ4n) is 9.09. The third kappa shape index (κ3) is 61.3. The normalized spacial score (nSPS) is 12.6. The van der Waals surface area contributed by atoms with E-state index in [0.29, 0.717) is 19.3 Å². The molecule has 0 aromatic rings. The summed E-state index contributed by atoms with van der Waals surface area (Å²) >= 11 is 0. The molecule has 0 saturated heterocycles. The van der Waals surface area contributed by atoms with Crippen LogP contribution in [0.2, 0.25) is 0 Å². The standard InChI is InChI=1S/C69H120O6/c1-4-7-10-13-16-19-21-23-25-27-29-31-32-33-34-35-36-38-39-41-43-45-47-50-53-56-59-62-68(71)74-65-66(64-73-67(70)61-58-55-52-49-18-15-12-9-6-3)75-69(72)63-60-57-54-51-48-46-44-42-40-37-30-28-26-24-22-20-17-14-11-8-5-2/h8,11,17,20-21,23-24,26-27,29-30,32-33,37,66H,4-7,9-10,12-16,18-19,22,25,28,31,34-36,38-65H2,1-3H3/b11-8-,20-17-,23-21-,26-24-,29-27-,33-32-,37-30-. The molecular formula is C69H120O6. The zero-order valence-corrected chi connectivity index (χ0v) is 49.6. The van der Waals surface area contributed by atoms with E-state index < -0.39 is 6.10 Å². The molecule has 0 saturated carbocycles. The number of allylic oxidation sites excluding steroid dienone is 14. The van der Waals surface area contributed by atoms with E-state index in [0.717, 1.165) is 103 Å². The summed E-state index contributed by atoms with van der Waals surface area (Å²) in [6.45, 7) is 6.52. The van der Waals surface area contributed by atoms with Gasteiger partial charge in [0.15, 0.2) is 6.10 Å². The van der Waals surface area contributed by atoms with Gasteiger partial charge in [0.1, 0.15) is 13.2 Å². The number of unbranched alkanes of at least 4 members (excludes halogenated alkanes) is 33. The molecule has 1 atom stereocenters. The predicted octanol–water partition coefficient (Wildman–Crippen LogP) is 21.9. The molecular weight excluding hydrogens is 925 g/mol. The van der Waals surface area contributed by atoms with Gasteiger partial charge in [-0.25, -0.2) is 0 Å². The van der Waals surface area contributed by atoms with Crippen molar-refractivity contribution in [2.75, 3.05) is 13.2 Å². The first-order chi connectivity index (χ1) is 37.0. The van der Waals surface area contributed by atoms with Gasteiger partial charge in [-0.15, -0.1) is 0 Å². The van der Waals surface area contributed by atoms with Gasteiger partial charge in [-0.05, 0) is 96.3 Å². The Labute approximate surface area is 465 Å². The number of ether oxygens (including phenoxy) is 3. The molecule has 0 bridgehead atoms. The predicted molar refractivity (Wildman–Crippen MR) is 325 cm³/mol. The fraction of sp³-hybridized carbons (Fsp3) is 0.754. The summed E-state index contributed by atoms with van der Waals surface area (Å²) in [5.41, 5.74) is 0. The molecule has 0 fully saturated rings. The van der Waals surface area contributed by atoms with Crippen LogP contribution in [0.5, 0.6) is 0 Å². The first-order valence-electron chi connectivity index (χ1n) is 32.1. The highest BCUT2D eigenvalue weighted by molar-refractivity contribution is 5.71. The van der Waals surface area contributed by atoms with Crippen LogP contribution in [0.1, 0.15) is 316 Å². The highest BCUT2D eigenvalue weighted by Crippen LogP contribution is 2.16. The Hall–Kier alpha value is -3.41. The summed E-state index contributed by atoms with van der Waals surface area (Å²) < 4.78 is 16.9. The Bertz CT molecular complexity index is 1430. The molecule has 0 aromatic carbocycles. The molecule has 0 N–H and O–H groups in total. The maximum Gasteiger partial charge on any atom is 0.306 e. The van der Waals surface area contributed by atoms with Crippen molar-refractivity contribution in [1.29, 1.82) is 0 Å². The summed E-state index contributed by atoms with van der Waals surface area (Å²) in [6.07, 6.45) is 83.1. The van der Waals surface area contributed by atoms with Crippen molar-refractivity contribution >= 4 is 17.9 Å². The van der Waals surface area contributed by atoms with E-state index in [2.05, 4.69) is 106 Å². The molecule has 6 nitrogen and oxygen atoms in total. The molecule has 0 amide bonds. The van der Waals surface area contributed by atoms with Crippen LogP contribution in [0.4, 0.5) is 0 Å². The Morgan fingerprint density at radius 1 is 0.280 bits per heavy atom. The average molecular weight is 1050 g/mol. The molecule has 432 valence electrons. The third-order valence-corrected chi connectivity index (χ3v) is 13.9. The van der Waals surface area contributed by atoms with Crippen molar-refractivity contribution < 1.29 is 28.6 Å². The fourth-order valence-corrected chi connectivity index (χ4v) is 9.09. The molecule has 6 heteroatoms. The van der Waals surface area contributed by atoms with Gasteiger partial charge in [0, 0.05) is 19.3 Å². The van der Waals surface area contributed by atoms with Crippen LogP contribution in [0.3, 0.4) is 0 Å². The Balaban J connectivity index is 4.21. The summed E-state index contributed by atoms with van der Waals surface area (Å²) in [6, 6.07) is 0. The van der Waals surface area contributed by atoms with Gasteiger partial charge < -0.3 is 14.2 Å². The lowest BCUT2D eigenvalue weighted by Crippen LogP contribution is -2.30. The van der Waals surface area contributed by atoms with Gasteiger partial charge in [0.05, 0.1) is 0 Å². The van der Waals surface area contributed by atoms with Crippen LogP contribution in [0.25, 0.3) is 0 Å². The maximum absolute atomic E-state index is 12.9. The number of hydrogen-bond acceptors (Lipinski definition) is 6. The minimum atomic E-state index is -0.780. The zero-order chi connectivity index (χ0) is 54.3. The summed E-state index contributed by atoms with van der Waals surface area (Å²) in [5, 5.41) is 0. The number of esters is 3. The van der Waals surface area contributed by atoms with E-state index in [1.54, 1.807) is 0 Å². The lowest BCUT2D eigenvalue weighted by molar-refractivity contribution is -0.167. The minimum absolute atomic E-state index is 0.0779. The van der Waals surface area contributed by atoms with E-state index in [1.807, 2.05) is 0 Å². The molecule has 0 heterocycles. The lowest BCUT2D eigenvalue weighted by Gasteiger charge is -2.18. The minimum Gasteiger partial charge on any atom is -0.462 e. The Morgan fingerprint density at radius 3 is 0.813 bits per heavy atom. The molecule has 0 aliphatic carbocycles. The van der Waals surface area contributed by atoms with Crippen LogP contribution in [-0.4, -0.2) is 37.2 Å². The van der Waals surface area contributed by atoms with Crippen LogP contribution in [0, 0.1) is 0 Å². The van der Waals surface area contributed by atoms with Crippen LogP contribution < -0.4 is 0 Å². The van der Waals surface area contributed by atoms with E-state index in [9.17, 15) is 14.4 Å². The highest BCUT2D eigenvalue weighted by atomic mass is 16.6. The van der Waals surface area contributed by atoms with Crippen molar-refractivity contribution in [1.82, 2.24) is 0 Å². The molecule has 0 rings (SSSR count). The van der Waals surface area contributed by atoms with Gasteiger partial charge in [0.2, 0.25) is 0 Å². The average Bonchev–Trinajstić information content (AvgIpc) is 3.41. The Kier molecular flexibility index (Phi) is 60.3. The molecule has 0 aliphatic heterocycles. The van der Waals surface area contributed by atoms with E-state index in [1.165, 1.54) is 173 Å². The van der Waals surface area contributed by atoms with Gasteiger partial charge in [-0.3, -0.25) is 14.4 Å². The first kappa shape index (κ1) is 71.6. The monoisotopic (exact) mass is 1040 g/mol. The molecule has 1 unspecified atom stereocenters. The van der Waals surface area contributed by atoms with Gasteiger partial charge >= 0.3 is 17.9 Å². The first-order valence-corrected chi connectivity index (χ1v) is 32.1. The van der Waals surface area contributed by atoms with E-state index in [-0.39, 0.29) is 31.1 Å². The second-order valence-corrected chi connectivity index (χ2v) is 21.3. The lowest BCUT2D eigenvalue weighted by atomic mass is 10.0. The van der Waals surface area contributed by atoms with Crippen LogP contribution in [-0.2, 0) is 28.6 Å². The van der Waals surface area contributed by atoms with Gasteiger partial charge in [-0.1, -0.05) is 286 Å².